The van der Waals surface area contributed by atoms with Crippen molar-refractivity contribution in [1.82, 2.24) is 0 Å². The van der Waals surface area contributed by atoms with Crippen LogP contribution in [-0.2, 0) is 9.53 Å². The third-order valence-electron chi connectivity index (χ3n) is 3.04. The third kappa shape index (κ3) is 4.70. The molecule has 0 amide bonds. The molecule has 112 valence electrons. The fourth-order valence-corrected chi connectivity index (χ4v) is 2.06. The van der Waals surface area contributed by atoms with E-state index >= 15 is 0 Å². The van der Waals surface area contributed by atoms with Crippen LogP contribution in [0.5, 0.6) is 0 Å². The number of carbonyl (C=O) groups is 1. The van der Waals surface area contributed by atoms with Crippen LogP contribution < -0.4 is 0 Å². The van der Waals surface area contributed by atoms with E-state index in [2.05, 4.69) is 29.3 Å². The molecule has 0 aliphatic heterocycles. The molecular weight excluding hydrogens is 274 g/mol. The zero-order valence-corrected chi connectivity index (χ0v) is 12.6. The van der Waals surface area contributed by atoms with Crippen LogP contribution in [0.4, 0.5) is 0 Å². The van der Waals surface area contributed by atoms with Crippen molar-refractivity contribution in [2.24, 2.45) is 4.99 Å². The van der Waals surface area contributed by atoms with Gasteiger partial charge in [-0.15, -0.1) is 0 Å². The maximum Gasteiger partial charge on any atom is 0.327 e. The highest BCUT2D eigenvalue weighted by Crippen LogP contribution is 2.22. The minimum atomic E-state index is -0.312. The second-order valence-electron chi connectivity index (χ2n) is 4.61. The predicted molar refractivity (Wildman–Crippen MR) is 90.0 cm³/mol. The molecule has 2 aromatic carbocycles. The highest BCUT2D eigenvalue weighted by Gasteiger charge is 2.03. The van der Waals surface area contributed by atoms with Gasteiger partial charge in [-0.25, -0.2) is 0 Å². The standard InChI is InChI=1S/C19H19NO2/c1-2-22-19(21)15-20-14-13-18(16-9-5-3-6-10-16)17-11-7-4-8-12-17/h3-14H,2,15H2,1H3. The first kappa shape index (κ1) is 15.7. The van der Waals surface area contributed by atoms with Gasteiger partial charge in [0.1, 0.15) is 6.54 Å². The molecule has 0 unspecified atom stereocenters. The molecule has 3 nitrogen and oxygen atoms in total. The van der Waals surface area contributed by atoms with E-state index in [4.69, 9.17) is 4.74 Å². The average molecular weight is 293 g/mol. The largest absolute Gasteiger partial charge is 0.465 e. The highest BCUT2D eigenvalue weighted by molar-refractivity contribution is 5.92. The van der Waals surface area contributed by atoms with E-state index in [0.29, 0.717) is 6.61 Å². The maximum absolute atomic E-state index is 11.3. The lowest BCUT2D eigenvalue weighted by atomic mass is 9.98. The van der Waals surface area contributed by atoms with Crippen LogP contribution in [0.15, 0.2) is 71.7 Å². The monoisotopic (exact) mass is 293 g/mol. The summed E-state index contributed by atoms with van der Waals surface area (Å²) in [5.74, 6) is -0.312. The fourth-order valence-electron chi connectivity index (χ4n) is 2.06. The summed E-state index contributed by atoms with van der Waals surface area (Å²) in [5.41, 5.74) is 3.28. The van der Waals surface area contributed by atoms with Crippen molar-refractivity contribution in [2.45, 2.75) is 6.92 Å². The summed E-state index contributed by atoms with van der Waals surface area (Å²) in [6, 6.07) is 20.2. The number of ether oxygens (including phenoxy) is 1. The van der Waals surface area contributed by atoms with Crippen LogP contribution in [0.3, 0.4) is 0 Å². The van der Waals surface area contributed by atoms with Gasteiger partial charge in [0.25, 0.3) is 0 Å². The zero-order valence-electron chi connectivity index (χ0n) is 12.6. The number of allylic oxidation sites excluding steroid dienone is 1. The van der Waals surface area contributed by atoms with Gasteiger partial charge in [0.15, 0.2) is 0 Å². The van der Waals surface area contributed by atoms with Crippen molar-refractivity contribution in [2.75, 3.05) is 13.2 Å². The summed E-state index contributed by atoms with van der Waals surface area (Å²) in [6.07, 6.45) is 3.58. The summed E-state index contributed by atoms with van der Waals surface area (Å²) in [7, 11) is 0. The van der Waals surface area contributed by atoms with Gasteiger partial charge in [-0.1, -0.05) is 60.7 Å². The van der Waals surface area contributed by atoms with Crippen molar-refractivity contribution in [3.8, 4) is 0 Å². The summed E-state index contributed by atoms with van der Waals surface area (Å²) in [5, 5.41) is 0. The maximum atomic E-state index is 11.3. The molecule has 0 fully saturated rings. The lowest BCUT2D eigenvalue weighted by molar-refractivity contribution is -0.141. The molecule has 0 saturated carbocycles. The van der Waals surface area contributed by atoms with Crippen LogP contribution in [0, 0.1) is 0 Å². The minimum absolute atomic E-state index is 0.0429. The Balaban J connectivity index is 2.20. The number of esters is 1. The lowest BCUT2D eigenvalue weighted by Gasteiger charge is -2.07. The molecule has 0 aliphatic rings. The van der Waals surface area contributed by atoms with E-state index in [0.717, 1.165) is 16.7 Å². The molecule has 2 rings (SSSR count). The number of hydrogen-bond acceptors (Lipinski definition) is 3. The average Bonchev–Trinajstić information content (AvgIpc) is 2.57. The number of nitrogens with zero attached hydrogens (tertiary/aromatic N) is 1. The Labute approximate surface area is 131 Å². The van der Waals surface area contributed by atoms with Crippen molar-refractivity contribution in [1.29, 1.82) is 0 Å². The van der Waals surface area contributed by atoms with E-state index in [1.165, 1.54) is 0 Å². The number of hydrogen-bond donors (Lipinski definition) is 0. The van der Waals surface area contributed by atoms with E-state index in [9.17, 15) is 4.79 Å². The molecular formula is C19H19NO2. The first-order valence-corrected chi connectivity index (χ1v) is 7.28. The van der Waals surface area contributed by atoms with Gasteiger partial charge < -0.3 is 4.74 Å². The topological polar surface area (TPSA) is 38.7 Å². The lowest BCUT2D eigenvalue weighted by Crippen LogP contribution is -2.07. The molecule has 0 saturated heterocycles. The first-order chi connectivity index (χ1) is 10.8. The van der Waals surface area contributed by atoms with Crippen LogP contribution in [-0.4, -0.2) is 25.3 Å². The number of aliphatic imine (C=N–C) groups is 1. The van der Waals surface area contributed by atoms with Gasteiger partial charge in [-0.2, -0.15) is 0 Å². The van der Waals surface area contributed by atoms with Crippen LogP contribution in [0.1, 0.15) is 18.1 Å². The van der Waals surface area contributed by atoms with E-state index in [1.807, 2.05) is 42.5 Å². The van der Waals surface area contributed by atoms with Gasteiger partial charge in [0.05, 0.1) is 6.61 Å². The molecule has 0 spiro atoms. The van der Waals surface area contributed by atoms with E-state index in [-0.39, 0.29) is 12.5 Å². The highest BCUT2D eigenvalue weighted by atomic mass is 16.5. The molecule has 0 aromatic heterocycles. The Morgan fingerprint density at radius 2 is 1.55 bits per heavy atom. The Kier molecular flexibility index (Phi) is 6.12. The van der Waals surface area contributed by atoms with Gasteiger partial charge in [-0.3, -0.25) is 9.79 Å². The molecule has 0 N–H and O–H groups in total. The van der Waals surface area contributed by atoms with E-state index < -0.39 is 0 Å². The summed E-state index contributed by atoms with van der Waals surface area (Å²) in [6.45, 7) is 2.20. The molecule has 0 aliphatic carbocycles. The quantitative estimate of drug-likeness (QED) is 0.601. The second kappa shape index (κ2) is 8.57. The van der Waals surface area contributed by atoms with Gasteiger partial charge >= 0.3 is 5.97 Å². The van der Waals surface area contributed by atoms with Crippen molar-refractivity contribution in [3.63, 3.8) is 0 Å². The molecule has 2 aromatic rings. The Hall–Kier alpha value is -2.68. The molecule has 22 heavy (non-hydrogen) atoms. The normalized spacial score (nSPS) is 10.4. The van der Waals surface area contributed by atoms with Gasteiger partial charge in [-0.05, 0) is 29.7 Å². The molecule has 0 heterocycles. The van der Waals surface area contributed by atoms with Gasteiger partial charge in [0.2, 0.25) is 0 Å². The van der Waals surface area contributed by atoms with E-state index in [1.54, 1.807) is 13.1 Å². The predicted octanol–water partition coefficient (Wildman–Crippen LogP) is 3.75. The SMILES string of the molecule is CCOC(=O)CN=CC=C(c1ccccc1)c1ccccc1. The fraction of sp³-hybridized carbons (Fsp3) is 0.158. The summed E-state index contributed by atoms with van der Waals surface area (Å²) in [4.78, 5) is 15.4. The second-order valence-corrected chi connectivity index (χ2v) is 4.61. The molecule has 0 atom stereocenters. The number of benzene rings is 2. The first-order valence-electron chi connectivity index (χ1n) is 7.28. The van der Waals surface area contributed by atoms with Crippen LogP contribution in [0.25, 0.3) is 5.57 Å². The van der Waals surface area contributed by atoms with Crippen molar-refractivity contribution >= 4 is 17.8 Å². The van der Waals surface area contributed by atoms with Crippen molar-refractivity contribution in [3.05, 3.63) is 77.9 Å². The third-order valence-corrected chi connectivity index (χ3v) is 3.04. The summed E-state index contributed by atoms with van der Waals surface area (Å²) < 4.78 is 4.84. The van der Waals surface area contributed by atoms with Crippen molar-refractivity contribution < 1.29 is 9.53 Å². The number of carbonyl (C=O) groups excluding carboxylic acids is 1. The Morgan fingerprint density at radius 3 is 2.05 bits per heavy atom. The van der Waals surface area contributed by atoms with Gasteiger partial charge in [0, 0.05) is 6.21 Å². The van der Waals surface area contributed by atoms with Crippen LogP contribution in [0.2, 0.25) is 0 Å². The molecule has 0 radical (unpaired) electrons. The Morgan fingerprint density at radius 1 is 1.00 bits per heavy atom. The smallest absolute Gasteiger partial charge is 0.327 e. The summed E-state index contributed by atoms with van der Waals surface area (Å²) >= 11 is 0. The molecule has 3 heteroatoms. The number of rotatable bonds is 6. The molecule has 0 bridgehead atoms. The van der Waals surface area contributed by atoms with Crippen LogP contribution >= 0.6 is 0 Å². The minimum Gasteiger partial charge on any atom is -0.465 e. The zero-order chi connectivity index (χ0) is 15.6. The Bertz CT molecular complexity index is 604.